The second-order valence-electron chi connectivity index (χ2n) is 5.59. The summed E-state index contributed by atoms with van der Waals surface area (Å²) in [5.41, 5.74) is 6.93. The zero-order valence-electron chi connectivity index (χ0n) is 11.9. The van der Waals surface area contributed by atoms with E-state index in [-0.39, 0.29) is 12.4 Å². The van der Waals surface area contributed by atoms with E-state index in [4.69, 9.17) is 5.73 Å². The van der Waals surface area contributed by atoms with E-state index in [0.717, 1.165) is 18.7 Å². The Labute approximate surface area is 115 Å². The van der Waals surface area contributed by atoms with E-state index in [1.54, 1.807) is 6.07 Å². The van der Waals surface area contributed by atoms with Gasteiger partial charge in [-0.15, -0.1) is 0 Å². The summed E-state index contributed by atoms with van der Waals surface area (Å²) in [5.74, 6) is -0.128. The van der Waals surface area contributed by atoms with Crippen molar-refractivity contribution in [2.75, 3.05) is 27.2 Å². The SMILES string of the molecule is CN(C)C1CCCN(Cc2cccc(CN)c2F)C1. The van der Waals surface area contributed by atoms with Gasteiger partial charge in [-0.05, 0) is 33.5 Å². The van der Waals surface area contributed by atoms with Crippen LogP contribution in [-0.2, 0) is 13.1 Å². The highest BCUT2D eigenvalue weighted by atomic mass is 19.1. The summed E-state index contributed by atoms with van der Waals surface area (Å²) in [5, 5.41) is 0. The standard InChI is InChI=1S/C15H24FN3/c1-18(2)14-7-4-8-19(11-14)10-13-6-3-5-12(9-17)15(13)16/h3,5-6,14H,4,7-11,17H2,1-2H3. The van der Waals surface area contributed by atoms with Gasteiger partial charge < -0.3 is 10.6 Å². The topological polar surface area (TPSA) is 32.5 Å². The third kappa shape index (κ3) is 3.53. The molecule has 1 heterocycles. The number of rotatable bonds is 4. The molecule has 1 saturated heterocycles. The smallest absolute Gasteiger partial charge is 0.132 e. The van der Waals surface area contributed by atoms with Gasteiger partial charge in [0, 0.05) is 36.8 Å². The molecule has 1 atom stereocenters. The summed E-state index contributed by atoms with van der Waals surface area (Å²) in [6.45, 7) is 3.01. The van der Waals surface area contributed by atoms with Gasteiger partial charge in [-0.2, -0.15) is 0 Å². The van der Waals surface area contributed by atoms with Crippen LogP contribution in [0.15, 0.2) is 18.2 Å². The van der Waals surface area contributed by atoms with E-state index in [2.05, 4.69) is 23.9 Å². The van der Waals surface area contributed by atoms with Gasteiger partial charge >= 0.3 is 0 Å². The average molecular weight is 265 g/mol. The van der Waals surface area contributed by atoms with Crippen LogP contribution in [0.2, 0.25) is 0 Å². The highest BCUT2D eigenvalue weighted by molar-refractivity contribution is 5.25. The average Bonchev–Trinajstić information content (AvgIpc) is 2.41. The number of likely N-dealkylation sites (tertiary alicyclic amines) is 1. The summed E-state index contributed by atoms with van der Waals surface area (Å²) < 4.78 is 14.2. The molecule has 0 radical (unpaired) electrons. The van der Waals surface area contributed by atoms with Crippen LogP contribution in [0.1, 0.15) is 24.0 Å². The molecular formula is C15H24FN3. The maximum Gasteiger partial charge on any atom is 0.132 e. The molecule has 0 saturated carbocycles. The molecule has 0 aliphatic carbocycles. The molecule has 2 rings (SSSR count). The monoisotopic (exact) mass is 265 g/mol. The molecule has 1 aliphatic heterocycles. The van der Waals surface area contributed by atoms with Crippen LogP contribution in [0.25, 0.3) is 0 Å². The molecule has 0 amide bonds. The quantitative estimate of drug-likeness (QED) is 0.901. The van der Waals surface area contributed by atoms with Crippen molar-refractivity contribution in [2.24, 2.45) is 5.73 Å². The highest BCUT2D eigenvalue weighted by Crippen LogP contribution is 2.19. The molecule has 1 aromatic rings. The first kappa shape index (κ1) is 14.4. The minimum atomic E-state index is -0.128. The van der Waals surface area contributed by atoms with E-state index in [1.807, 2.05) is 12.1 Å². The zero-order valence-corrected chi connectivity index (χ0v) is 11.9. The zero-order chi connectivity index (χ0) is 13.8. The Balaban J connectivity index is 2.04. The number of nitrogens with two attached hydrogens (primary N) is 1. The summed E-state index contributed by atoms with van der Waals surface area (Å²) >= 11 is 0. The minimum Gasteiger partial charge on any atom is -0.326 e. The van der Waals surface area contributed by atoms with Crippen molar-refractivity contribution in [3.63, 3.8) is 0 Å². The fourth-order valence-electron chi connectivity index (χ4n) is 2.75. The Morgan fingerprint density at radius 2 is 2.11 bits per heavy atom. The van der Waals surface area contributed by atoms with Crippen LogP contribution >= 0.6 is 0 Å². The lowest BCUT2D eigenvalue weighted by Gasteiger charge is -2.36. The predicted molar refractivity (Wildman–Crippen MR) is 76.3 cm³/mol. The van der Waals surface area contributed by atoms with Gasteiger partial charge in [0.25, 0.3) is 0 Å². The van der Waals surface area contributed by atoms with E-state index >= 15 is 0 Å². The van der Waals surface area contributed by atoms with Crippen LogP contribution in [0, 0.1) is 5.82 Å². The molecule has 1 unspecified atom stereocenters. The number of likely N-dealkylation sites (N-methyl/N-ethyl adjacent to an activating group) is 1. The van der Waals surface area contributed by atoms with Gasteiger partial charge in [0.15, 0.2) is 0 Å². The van der Waals surface area contributed by atoms with Crippen molar-refractivity contribution in [3.05, 3.63) is 35.1 Å². The van der Waals surface area contributed by atoms with Crippen LogP contribution in [0.4, 0.5) is 4.39 Å². The number of benzene rings is 1. The molecule has 3 nitrogen and oxygen atoms in total. The Morgan fingerprint density at radius 3 is 2.79 bits per heavy atom. The fraction of sp³-hybridized carbons (Fsp3) is 0.600. The second-order valence-corrected chi connectivity index (χ2v) is 5.59. The van der Waals surface area contributed by atoms with Gasteiger partial charge in [-0.25, -0.2) is 4.39 Å². The van der Waals surface area contributed by atoms with Crippen molar-refractivity contribution in [1.29, 1.82) is 0 Å². The summed E-state index contributed by atoms with van der Waals surface area (Å²) in [6, 6.07) is 6.11. The molecule has 1 aliphatic rings. The molecule has 1 fully saturated rings. The molecular weight excluding hydrogens is 241 g/mol. The summed E-state index contributed by atoms with van der Waals surface area (Å²) in [6.07, 6.45) is 2.41. The van der Waals surface area contributed by atoms with Gasteiger partial charge in [0.05, 0.1) is 0 Å². The fourth-order valence-corrected chi connectivity index (χ4v) is 2.75. The largest absolute Gasteiger partial charge is 0.326 e. The molecule has 0 aromatic heterocycles. The minimum absolute atomic E-state index is 0.128. The molecule has 0 spiro atoms. The van der Waals surface area contributed by atoms with Crippen molar-refractivity contribution >= 4 is 0 Å². The lowest BCUT2D eigenvalue weighted by atomic mass is 10.0. The third-order valence-electron chi connectivity index (χ3n) is 3.98. The highest BCUT2D eigenvalue weighted by Gasteiger charge is 2.22. The van der Waals surface area contributed by atoms with E-state index in [1.165, 1.54) is 12.8 Å². The molecule has 106 valence electrons. The Kier molecular flexibility index (Phi) is 4.91. The molecule has 19 heavy (non-hydrogen) atoms. The van der Waals surface area contributed by atoms with Crippen molar-refractivity contribution < 1.29 is 4.39 Å². The Morgan fingerprint density at radius 1 is 1.37 bits per heavy atom. The maximum atomic E-state index is 14.2. The number of halogens is 1. The van der Waals surface area contributed by atoms with Crippen LogP contribution in [0.5, 0.6) is 0 Å². The van der Waals surface area contributed by atoms with Crippen molar-refractivity contribution in [1.82, 2.24) is 9.80 Å². The third-order valence-corrected chi connectivity index (χ3v) is 3.98. The molecule has 1 aromatic carbocycles. The van der Waals surface area contributed by atoms with E-state index in [9.17, 15) is 4.39 Å². The van der Waals surface area contributed by atoms with Crippen molar-refractivity contribution in [3.8, 4) is 0 Å². The molecule has 2 N–H and O–H groups in total. The molecule has 4 heteroatoms. The second kappa shape index (κ2) is 6.46. The number of hydrogen-bond acceptors (Lipinski definition) is 3. The van der Waals surface area contributed by atoms with Gasteiger partial charge in [0.1, 0.15) is 5.82 Å². The van der Waals surface area contributed by atoms with Crippen LogP contribution in [-0.4, -0.2) is 43.0 Å². The van der Waals surface area contributed by atoms with Gasteiger partial charge in [-0.1, -0.05) is 18.2 Å². The molecule has 0 bridgehead atoms. The normalized spacial score (nSPS) is 21.0. The Hall–Kier alpha value is -0.970. The lowest BCUT2D eigenvalue weighted by molar-refractivity contribution is 0.127. The van der Waals surface area contributed by atoms with E-state index < -0.39 is 0 Å². The predicted octanol–water partition coefficient (Wildman–Crippen LogP) is 1.81. The summed E-state index contributed by atoms with van der Waals surface area (Å²) in [7, 11) is 4.23. The van der Waals surface area contributed by atoms with Crippen molar-refractivity contribution in [2.45, 2.75) is 32.0 Å². The first-order chi connectivity index (χ1) is 9.11. The first-order valence-corrected chi connectivity index (χ1v) is 6.97. The summed E-state index contributed by atoms with van der Waals surface area (Å²) in [4.78, 5) is 4.60. The van der Waals surface area contributed by atoms with Crippen LogP contribution in [0.3, 0.4) is 0 Å². The number of nitrogens with zero attached hydrogens (tertiary/aromatic N) is 2. The van der Waals surface area contributed by atoms with Gasteiger partial charge in [0.2, 0.25) is 0 Å². The Bertz CT molecular complexity index is 420. The maximum absolute atomic E-state index is 14.2. The number of piperidine rings is 1. The number of hydrogen-bond donors (Lipinski definition) is 1. The van der Waals surface area contributed by atoms with Gasteiger partial charge in [-0.3, -0.25) is 4.90 Å². The van der Waals surface area contributed by atoms with E-state index in [0.29, 0.717) is 18.2 Å². The first-order valence-electron chi connectivity index (χ1n) is 6.97. The lowest BCUT2D eigenvalue weighted by Crippen LogP contribution is -2.44. The van der Waals surface area contributed by atoms with Crippen LogP contribution < -0.4 is 5.73 Å².